The smallest absolute Gasteiger partial charge is 0.457 e. The Hall–Kier alpha value is -0.920. The molecular weight excluding hydrogens is 872 g/mol. The lowest BCUT2D eigenvalue weighted by Gasteiger charge is -2.41. The van der Waals surface area contributed by atoms with Gasteiger partial charge in [-0.2, -0.15) is 0 Å². The van der Waals surface area contributed by atoms with Crippen LogP contribution in [0.5, 0.6) is 0 Å². The van der Waals surface area contributed by atoms with Crippen LogP contribution in [0.3, 0.4) is 0 Å². The van der Waals surface area contributed by atoms with Crippen LogP contribution in [0.15, 0.2) is 12.2 Å². The van der Waals surface area contributed by atoms with Crippen LogP contribution in [-0.2, 0) is 27.9 Å². The number of rotatable bonds is 49. The number of aliphatic hydroxyl groups excluding tert-OH is 5. The molecule has 0 aliphatic heterocycles. The molecule has 398 valence electrons. The third kappa shape index (κ3) is 36.6. The molecule has 0 spiro atoms. The maximum Gasteiger partial charge on any atom is 0.472 e. The van der Waals surface area contributed by atoms with Crippen molar-refractivity contribution in [1.82, 2.24) is 0 Å². The molecule has 1 saturated carbocycles. The van der Waals surface area contributed by atoms with Gasteiger partial charge in [-0.1, -0.05) is 231 Å². The Morgan fingerprint density at radius 3 is 1.18 bits per heavy atom. The molecule has 0 amide bonds. The van der Waals surface area contributed by atoms with E-state index in [1.165, 1.54) is 180 Å². The van der Waals surface area contributed by atoms with Crippen molar-refractivity contribution in [3.63, 3.8) is 0 Å². The summed E-state index contributed by atoms with van der Waals surface area (Å²) in [5.74, 6) is -0.479. The maximum absolute atomic E-state index is 12.9. The van der Waals surface area contributed by atoms with E-state index in [-0.39, 0.29) is 13.0 Å². The first-order valence-corrected chi connectivity index (χ1v) is 29.5. The number of aliphatic hydroxyl groups is 5. The van der Waals surface area contributed by atoms with Crippen LogP contribution in [-0.4, -0.2) is 98.9 Å². The minimum absolute atomic E-state index is 0.0735. The highest BCUT2D eigenvalue weighted by Crippen LogP contribution is 2.47. The normalized spacial score (nSPS) is 21.3. The number of hydrogen-bond donors (Lipinski definition) is 6. The van der Waals surface area contributed by atoms with Crippen LogP contribution in [0.25, 0.3) is 0 Å². The lowest BCUT2D eigenvalue weighted by Crippen LogP contribution is -2.64. The number of ether oxygens (including phenoxy) is 2. The fourth-order valence-electron chi connectivity index (χ4n) is 8.94. The highest BCUT2D eigenvalue weighted by molar-refractivity contribution is 7.47. The number of unbranched alkanes of at least 4 members (excludes halogenated alkanes) is 35. The number of hydrogen-bond acceptors (Lipinski definition) is 11. The first-order chi connectivity index (χ1) is 32.5. The molecular formula is C54H105O12P. The molecule has 13 heteroatoms. The van der Waals surface area contributed by atoms with Gasteiger partial charge in [0.1, 0.15) is 42.7 Å². The molecule has 1 rings (SSSR count). The molecule has 12 nitrogen and oxygen atoms in total. The zero-order valence-electron chi connectivity index (χ0n) is 43.0. The van der Waals surface area contributed by atoms with Crippen LogP contribution < -0.4 is 0 Å². The Morgan fingerprint density at radius 2 is 0.791 bits per heavy atom. The zero-order valence-corrected chi connectivity index (χ0v) is 43.9. The molecule has 0 aromatic carbocycles. The fourth-order valence-corrected chi connectivity index (χ4v) is 9.91. The topological polar surface area (TPSA) is 192 Å². The second-order valence-corrected chi connectivity index (χ2v) is 21.2. The molecule has 0 saturated heterocycles. The van der Waals surface area contributed by atoms with Gasteiger partial charge in [-0.05, 0) is 38.5 Å². The molecule has 0 aromatic heterocycles. The Kier molecular flexibility index (Phi) is 43.0. The molecule has 67 heavy (non-hydrogen) atoms. The highest BCUT2D eigenvalue weighted by atomic mass is 31.2. The number of allylic oxidation sites excluding steroid dienone is 2. The molecule has 1 fully saturated rings. The summed E-state index contributed by atoms with van der Waals surface area (Å²) in [7, 11) is -5.02. The first-order valence-electron chi connectivity index (χ1n) is 28.0. The molecule has 1 aliphatic carbocycles. The van der Waals surface area contributed by atoms with Crippen molar-refractivity contribution in [2.45, 2.75) is 307 Å². The lowest BCUT2D eigenvalue weighted by atomic mass is 9.85. The van der Waals surface area contributed by atoms with E-state index in [1.807, 2.05) is 0 Å². The van der Waals surface area contributed by atoms with E-state index < -0.39 is 63.1 Å². The molecule has 6 atom stereocenters. The van der Waals surface area contributed by atoms with Gasteiger partial charge >= 0.3 is 13.8 Å². The molecule has 6 N–H and O–H groups in total. The quantitative estimate of drug-likeness (QED) is 0.0146. The van der Waals surface area contributed by atoms with Crippen LogP contribution >= 0.6 is 7.82 Å². The van der Waals surface area contributed by atoms with Gasteiger partial charge in [-0.25, -0.2) is 4.57 Å². The van der Waals surface area contributed by atoms with Gasteiger partial charge in [0.15, 0.2) is 0 Å². The van der Waals surface area contributed by atoms with Crippen molar-refractivity contribution in [2.75, 3.05) is 19.8 Å². The minimum atomic E-state index is -5.02. The van der Waals surface area contributed by atoms with Gasteiger partial charge in [0.2, 0.25) is 0 Å². The van der Waals surface area contributed by atoms with Gasteiger partial charge in [-0.15, -0.1) is 0 Å². The molecule has 6 unspecified atom stereocenters. The predicted molar refractivity (Wildman–Crippen MR) is 272 cm³/mol. The average Bonchev–Trinajstić information content (AvgIpc) is 3.31. The Morgan fingerprint density at radius 1 is 0.463 bits per heavy atom. The van der Waals surface area contributed by atoms with Crippen molar-refractivity contribution in [1.29, 1.82) is 0 Å². The van der Waals surface area contributed by atoms with Gasteiger partial charge in [0.05, 0.1) is 13.2 Å². The van der Waals surface area contributed by atoms with E-state index >= 15 is 0 Å². The largest absolute Gasteiger partial charge is 0.472 e. The molecule has 0 aromatic rings. The number of carbonyl (C=O) groups is 1. The molecule has 0 radical (unpaired) electrons. The van der Waals surface area contributed by atoms with Crippen molar-refractivity contribution in [3.8, 4) is 0 Å². The molecule has 0 heterocycles. The second-order valence-electron chi connectivity index (χ2n) is 19.8. The van der Waals surface area contributed by atoms with E-state index in [0.717, 1.165) is 57.8 Å². The Bertz CT molecular complexity index is 1160. The number of carbonyl (C=O) groups excluding carboxylic acids is 1. The van der Waals surface area contributed by atoms with Gasteiger partial charge in [0.25, 0.3) is 0 Å². The highest BCUT2D eigenvalue weighted by Gasteiger charge is 2.51. The van der Waals surface area contributed by atoms with Crippen molar-refractivity contribution >= 4 is 13.8 Å². The van der Waals surface area contributed by atoms with Gasteiger partial charge in [0, 0.05) is 13.0 Å². The summed E-state index contributed by atoms with van der Waals surface area (Å²) >= 11 is 0. The zero-order chi connectivity index (χ0) is 49.1. The molecule has 1 aliphatic rings. The summed E-state index contributed by atoms with van der Waals surface area (Å²) in [6, 6.07) is 0. The summed E-state index contributed by atoms with van der Waals surface area (Å²) in [4.78, 5) is 23.3. The van der Waals surface area contributed by atoms with Crippen LogP contribution in [0.4, 0.5) is 0 Å². The Balaban J connectivity index is 2.26. The van der Waals surface area contributed by atoms with Crippen molar-refractivity contribution in [3.05, 3.63) is 12.2 Å². The monoisotopic (exact) mass is 977 g/mol. The van der Waals surface area contributed by atoms with Crippen molar-refractivity contribution < 1.29 is 58.3 Å². The standard InChI is InChI=1S/C54H105O12P/c1-3-5-7-9-11-13-15-17-19-21-22-23-24-25-26-27-28-30-32-34-36-38-40-42-44-63-45-47(46-64-67(61,62)66-54-52(59)50(57)49(56)51(58)53(54)60)65-48(55)43-41-39-37-35-33-31-29-20-18-16-14-12-10-8-6-4-2/h20,29,47,49-54,56-60H,3-19,21-28,30-46H2,1-2H3,(H,61,62)/b29-20-. The van der Waals surface area contributed by atoms with E-state index in [9.17, 15) is 39.8 Å². The summed E-state index contributed by atoms with van der Waals surface area (Å²) in [6.45, 7) is 4.31. The average molecular weight is 977 g/mol. The van der Waals surface area contributed by atoms with Crippen molar-refractivity contribution in [2.24, 2.45) is 0 Å². The van der Waals surface area contributed by atoms with Gasteiger partial charge in [-0.3, -0.25) is 13.8 Å². The molecule has 0 bridgehead atoms. The van der Waals surface area contributed by atoms with Gasteiger partial charge < -0.3 is 39.9 Å². The minimum Gasteiger partial charge on any atom is -0.457 e. The number of phosphoric acid groups is 1. The summed E-state index contributed by atoms with van der Waals surface area (Å²) in [5, 5.41) is 50.4. The second kappa shape index (κ2) is 45.0. The first kappa shape index (κ1) is 64.1. The fraction of sp³-hybridized carbons (Fsp3) is 0.944. The van der Waals surface area contributed by atoms with E-state index in [1.54, 1.807) is 0 Å². The van der Waals surface area contributed by atoms with Crippen LogP contribution in [0.1, 0.15) is 264 Å². The maximum atomic E-state index is 12.9. The summed E-state index contributed by atoms with van der Waals surface area (Å²) in [5.41, 5.74) is 0. The SMILES string of the molecule is CCCCCCCCC/C=C\CCCCCCCC(=O)OC(COCCCCCCCCCCCCCCCCCCCCCCCCCC)COP(=O)(O)OC1C(O)C(O)C(O)C(O)C1O. The predicted octanol–water partition coefficient (Wildman–Crippen LogP) is 13.0. The third-order valence-corrected chi connectivity index (χ3v) is 14.4. The summed E-state index contributed by atoms with van der Waals surface area (Å²) < 4.78 is 34.4. The van der Waals surface area contributed by atoms with Crippen LogP contribution in [0, 0.1) is 0 Å². The number of phosphoric ester groups is 1. The number of esters is 1. The van der Waals surface area contributed by atoms with E-state index in [0.29, 0.717) is 13.0 Å². The summed E-state index contributed by atoms with van der Waals surface area (Å²) in [6.07, 6.45) is 40.0. The van der Waals surface area contributed by atoms with E-state index in [2.05, 4.69) is 26.0 Å². The lowest BCUT2D eigenvalue weighted by molar-refractivity contribution is -0.220. The third-order valence-electron chi connectivity index (χ3n) is 13.4. The van der Waals surface area contributed by atoms with E-state index in [4.69, 9.17) is 18.5 Å². The van der Waals surface area contributed by atoms with Crippen LogP contribution in [0.2, 0.25) is 0 Å². The Labute approximate surface area is 409 Å².